The average Bonchev–Trinajstić information content (AvgIpc) is 3.06. The van der Waals surface area contributed by atoms with Gasteiger partial charge in [0.1, 0.15) is 6.07 Å². The van der Waals surface area contributed by atoms with Gasteiger partial charge in [0.15, 0.2) is 9.84 Å². The molecule has 0 radical (unpaired) electrons. The summed E-state index contributed by atoms with van der Waals surface area (Å²) in [6, 6.07) is 7.47. The van der Waals surface area contributed by atoms with Crippen molar-refractivity contribution in [2.45, 2.75) is 26.3 Å². The zero-order chi connectivity index (χ0) is 17.3. The molecule has 7 heteroatoms. The molecule has 1 atom stereocenters. The number of sulfone groups is 1. The van der Waals surface area contributed by atoms with E-state index in [-0.39, 0.29) is 17.5 Å². The summed E-state index contributed by atoms with van der Waals surface area (Å²) in [7, 11) is -2.97. The van der Waals surface area contributed by atoms with Crippen molar-refractivity contribution in [2.75, 3.05) is 11.5 Å². The molecule has 2 aromatic rings. The van der Waals surface area contributed by atoms with E-state index in [0.717, 1.165) is 17.0 Å². The van der Waals surface area contributed by atoms with E-state index in [4.69, 9.17) is 0 Å². The molecule has 124 valence electrons. The fourth-order valence-corrected chi connectivity index (χ4v) is 4.73. The number of pyridine rings is 1. The van der Waals surface area contributed by atoms with E-state index in [1.807, 2.05) is 19.9 Å². The molecule has 1 saturated heterocycles. The van der Waals surface area contributed by atoms with Crippen LogP contribution in [-0.2, 0) is 9.84 Å². The molecule has 0 aromatic carbocycles. The minimum atomic E-state index is -2.97. The lowest BCUT2D eigenvalue weighted by Gasteiger charge is -2.11. The lowest BCUT2D eigenvalue weighted by molar-refractivity contribution is 0.486. The molecule has 0 amide bonds. The van der Waals surface area contributed by atoms with Gasteiger partial charge in [-0.1, -0.05) is 6.07 Å². The van der Waals surface area contributed by atoms with Gasteiger partial charge in [-0.2, -0.15) is 10.4 Å². The first-order valence-electron chi connectivity index (χ1n) is 7.70. The van der Waals surface area contributed by atoms with E-state index in [2.05, 4.69) is 16.2 Å². The standard InChI is InChI=1S/C17H18N4O2S/c1-12-16(9-14(10-18)17-5-3-4-7-19-17)13(2)21(20-12)15-6-8-24(22,23)11-15/h3-5,7,9,15H,6,8,11H2,1-2H3/b14-9+. The first kappa shape index (κ1) is 16.4. The van der Waals surface area contributed by atoms with Gasteiger partial charge in [-0.05, 0) is 38.5 Å². The molecular weight excluding hydrogens is 324 g/mol. The largest absolute Gasteiger partial charge is 0.265 e. The summed E-state index contributed by atoms with van der Waals surface area (Å²) in [6.07, 6.45) is 4.01. The second-order valence-electron chi connectivity index (χ2n) is 5.97. The molecule has 0 saturated carbocycles. The second kappa shape index (κ2) is 6.21. The average molecular weight is 342 g/mol. The highest BCUT2D eigenvalue weighted by molar-refractivity contribution is 7.91. The molecule has 0 aliphatic carbocycles. The van der Waals surface area contributed by atoms with Crippen LogP contribution >= 0.6 is 0 Å². The molecule has 3 rings (SSSR count). The summed E-state index contributed by atoms with van der Waals surface area (Å²) < 4.78 is 25.2. The SMILES string of the molecule is Cc1nn(C2CCS(=O)(=O)C2)c(C)c1/C=C(\C#N)c1ccccn1. The third-order valence-corrected chi connectivity index (χ3v) is 6.04. The van der Waals surface area contributed by atoms with Gasteiger partial charge < -0.3 is 0 Å². The fraction of sp³-hybridized carbons (Fsp3) is 0.353. The molecule has 0 N–H and O–H groups in total. The molecule has 1 unspecified atom stereocenters. The van der Waals surface area contributed by atoms with E-state index >= 15 is 0 Å². The number of nitriles is 1. The number of nitrogens with zero attached hydrogens (tertiary/aromatic N) is 4. The Morgan fingerprint density at radius 1 is 1.42 bits per heavy atom. The molecule has 24 heavy (non-hydrogen) atoms. The molecular formula is C17H18N4O2S. The number of aromatic nitrogens is 3. The highest BCUT2D eigenvalue weighted by Gasteiger charge is 2.31. The maximum absolute atomic E-state index is 11.7. The molecule has 1 aliphatic heterocycles. The Morgan fingerprint density at radius 2 is 2.21 bits per heavy atom. The van der Waals surface area contributed by atoms with E-state index in [9.17, 15) is 13.7 Å². The van der Waals surface area contributed by atoms with Gasteiger partial charge in [0.2, 0.25) is 0 Å². The molecule has 6 nitrogen and oxygen atoms in total. The van der Waals surface area contributed by atoms with Gasteiger partial charge in [-0.3, -0.25) is 9.67 Å². The van der Waals surface area contributed by atoms with Crippen LogP contribution < -0.4 is 0 Å². The molecule has 0 spiro atoms. The van der Waals surface area contributed by atoms with E-state index < -0.39 is 9.84 Å². The lowest BCUT2D eigenvalue weighted by atomic mass is 10.1. The number of hydrogen-bond donors (Lipinski definition) is 0. The van der Waals surface area contributed by atoms with Crippen LogP contribution in [0.5, 0.6) is 0 Å². The van der Waals surface area contributed by atoms with Gasteiger partial charge in [-0.25, -0.2) is 8.42 Å². The summed E-state index contributed by atoms with van der Waals surface area (Å²) in [4.78, 5) is 4.21. The topological polar surface area (TPSA) is 88.6 Å². The monoisotopic (exact) mass is 342 g/mol. The van der Waals surface area contributed by atoms with Crippen molar-refractivity contribution in [3.05, 3.63) is 47.0 Å². The van der Waals surface area contributed by atoms with Crippen LogP contribution in [0, 0.1) is 25.2 Å². The Bertz CT molecular complexity index is 937. The van der Waals surface area contributed by atoms with Crippen molar-refractivity contribution in [3.8, 4) is 6.07 Å². The van der Waals surface area contributed by atoms with Crippen molar-refractivity contribution in [3.63, 3.8) is 0 Å². The van der Waals surface area contributed by atoms with Gasteiger partial charge in [0.05, 0.1) is 34.5 Å². The van der Waals surface area contributed by atoms with E-state index in [0.29, 0.717) is 17.7 Å². The summed E-state index contributed by atoms with van der Waals surface area (Å²) in [5, 5.41) is 14.0. The summed E-state index contributed by atoms with van der Waals surface area (Å²) in [5.74, 6) is 0.335. The van der Waals surface area contributed by atoms with Crippen LogP contribution in [-0.4, -0.2) is 34.7 Å². The highest BCUT2D eigenvalue weighted by Crippen LogP contribution is 2.28. The third-order valence-electron chi connectivity index (χ3n) is 4.29. The number of aryl methyl sites for hydroxylation is 1. The predicted octanol–water partition coefficient (Wildman–Crippen LogP) is 2.32. The van der Waals surface area contributed by atoms with E-state index in [1.165, 1.54) is 0 Å². The fourth-order valence-electron chi connectivity index (χ4n) is 3.04. The van der Waals surface area contributed by atoms with Gasteiger partial charge in [0.25, 0.3) is 0 Å². The summed E-state index contributed by atoms with van der Waals surface area (Å²) in [6.45, 7) is 3.77. The highest BCUT2D eigenvalue weighted by atomic mass is 32.2. The predicted molar refractivity (Wildman–Crippen MR) is 91.7 cm³/mol. The van der Waals surface area contributed by atoms with E-state index in [1.54, 1.807) is 29.1 Å². The number of allylic oxidation sites excluding steroid dienone is 1. The summed E-state index contributed by atoms with van der Waals surface area (Å²) >= 11 is 0. The molecule has 3 heterocycles. The normalized spacial score (nSPS) is 20.0. The van der Waals surface area contributed by atoms with Crippen LogP contribution in [0.2, 0.25) is 0 Å². The van der Waals surface area contributed by atoms with Crippen molar-refractivity contribution >= 4 is 21.5 Å². The second-order valence-corrected chi connectivity index (χ2v) is 8.20. The Hall–Kier alpha value is -2.46. The first-order valence-corrected chi connectivity index (χ1v) is 9.53. The Kier molecular flexibility index (Phi) is 4.24. The molecule has 0 bridgehead atoms. The lowest BCUT2D eigenvalue weighted by Crippen LogP contribution is -2.13. The molecule has 2 aromatic heterocycles. The van der Waals surface area contributed by atoms with Crippen molar-refractivity contribution < 1.29 is 8.42 Å². The Morgan fingerprint density at radius 3 is 2.79 bits per heavy atom. The van der Waals surface area contributed by atoms with Gasteiger partial charge >= 0.3 is 0 Å². The zero-order valence-electron chi connectivity index (χ0n) is 13.6. The molecule has 1 aliphatic rings. The summed E-state index contributed by atoms with van der Waals surface area (Å²) in [5.41, 5.74) is 3.57. The maximum Gasteiger partial charge on any atom is 0.152 e. The van der Waals surface area contributed by atoms with Crippen molar-refractivity contribution in [2.24, 2.45) is 0 Å². The first-order chi connectivity index (χ1) is 11.4. The minimum absolute atomic E-state index is 0.128. The minimum Gasteiger partial charge on any atom is -0.265 e. The van der Waals surface area contributed by atoms with Crippen LogP contribution in [0.4, 0.5) is 0 Å². The third kappa shape index (κ3) is 3.10. The quantitative estimate of drug-likeness (QED) is 0.799. The van der Waals surface area contributed by atoms with Crippen LogP contribution in [0.25, 0.3) is 11.6 Å². The maximum atomic E-state index is 11.7. The Labute approximate surface area is 141 Å². The van der Waals surface area contributed by atoms with Crippen LogP contribution in [0.15, 0.2) is 24.4 Å². The van der Waals surface area contributed by atoms with Crippen molar-refractivity contribution in [1.29, 1.82) is 5.26 Å². The zero-order valence-corrected chi connectivity index (χ0v) is 14.4. The van der Waals surface area contributed by atoms with Crippen molar-refractivity contribution in [1.82, 2.24) is 14.8 Å². The smallest absolute Gasteiger partial charge is 0.152 e. The number of rotatable bonds is 3. The van der Waals surface area contributed by atoms with Gasteiger partial charge in [0, 0.05) is 17.5 Å². The Balaban J connectivity index is 2.01. The number of hydrogen-bond acceptors (Lipinski definition) is 5. The molecule has 1 fully saturated rings. The van der Waals surface area contributed by atoms with Crippen LogP contribution in [0.3, 0.4) is 0 Å². The van der Waals surface area contributed by atoms with Gasteiger partial charge in [-0.15, -0.1) is 0 Å². The van der Waals surface area contributed by atoms with Crippen LogP contribution in [0.1, 0.15) is 35.1 Å².